The van der Waals surface area contributed by atoms with Crippen LogP contribution in [0.5, 0.6) is 0 Å². The van der Waals surface area contributed by atoms with E-state index in [1.807, 2.05) is 19.9 Å². The van der Waals surface area contributed by atoms with Gasteiger partial charge in [-0.2, -0.15) is 0 Å². The lowest BCUT2D eigenvalue weighted by molar-refractivity contribution is -0.142. The Labute approximate surface area is 224 Å². The van der Waals surface area contributed by atoms with Crippen molar-refractivity contribution in [2.24, 2.45) is 34.0 Å². The van der Waals surface area contributed by atoms with Crippen LogP contribution in [0.3, 0.4) is 0 Å². The SMILES string of the molecule is CCC(C)C(NC(=O)C(N)C(C)C)C(=O)NC(Cc1ccccc1)C(=O)NC(CCCN=C(N)N)C(=O)O. The number of carbonyl (C=O) groups excluding carboxylic acids is 3. The smallest absolute Gasteiger partial charge is 0.326 e. The number of carboxylic acid groups (broad SMARTS) is 1. The summed E-state index contributed by atoms with van der Waals surface area (Å²) in [4.78, 5) is 54.9. The summed E-state index contributed by atoms with van der Waals surface area (Å²) >= 11 is 0. The molecule has 0 aliphatic heterocycles. The van der Waals surface area contributed by atoms with Gasteiger partial charge in [-0.3, -0.25) is 19.4 Å². The van der Waals surface area contributed by atoms with Crippen LogP contribution in [0.4, 0.5) is 0 Å². The van der Waals surface area contributed by atoms with Gasteiger partial charge >= 0.3 is 5.97 Å². The van der Waals surface area contributed by atoms with E-state index in [9.17, 15) is 24.3 Å². The molecule has 212 valence electrons. The standard InChI is InChI=1S/C26H43N7O5/c1-5-16(4)21(33-23(35)20(27)15(2)3)24(36)32-19(14-17-10-7-6-8-11-17)22(34)31-18(25(37)38)12-9-13-30-26(28)29/h6-8,10-11,15-16,18-21H,5,9,12-14,27H2,1-4H3,(H,31,34)(H,32,36)(H,33,35)(H,37,38)(H4,28,29,30). The Balaban J connectivity index is 3.12. The summed E-state index contributed by atoms with van der Waals surface area (Å²) in [7, 11) is 0. The summed E-state index contributed by atoms with van der Waals surface area (Å²) in [6, 6.07) is 4.98. The lowest BCUT2D eigenvalue weighted by Gasteiger charge is -2.28. The van der Waals surface area contributed by atoms with Crippen molar-refractivity contribution in [3.63, 3.8) is 0 Å². The first-order chi connectivity index (χ1) is 17.9. The van der Waals surface area contributed by atoms with Crippen molar-refractivity contribution in [2.75, 3.05) is 6.54 Å². The van der Waals surface area contributed by atoms with E-state index in [4.69, 9.17) is 17.2 Å². The first-order valence-electron chi connectivity index (χ1n) is 12.9. The number of aliphatic carboxylic acids is 1. The zero-order valence-electron chi connectivity index (χ0n) is 22.6. The molecule has 0 radical (unpaired) electrons. The summed E-state index contributed by atoms with van der Waals surface area (Å²) in [5, 5.41) is 17.6. The van der Waals surface area contributed by atoms with Gasteiger partial charge < -0.3 is 38.3 Å². The molecule has 0 fully saturated rings. The minimum absolute atomic E-state index is 0.0858. The number of guanidine groups is 1. The molecule has 5 atom stereocenters. The highest BCUT2D eigenvalue weighted by atomic mass is 16.4. The van der Waals surface area contributed by atoms with Crippen LogP contribution in [0, 0.1) is 11.8 Å². The quantitative estimate of drug-likeness (QED) is 0.0859. The molecule has 0 heterocycles. The molecule has 38 heavy (non-hydrogen) atoms. The number of benzene rings is 1. The molecule has 10 N–H and O–H groups in total. The molecule has 0 saturated heterocycles. The Kier molecular flexibility index (Phi) is 13.8. The number of carbonyl (C=O) groups is 4. The van der Waals surface area contributed by atoms with Crippen molar-refractivity contribution in [2.45, 2.75) is 77.5 Å². The number of rotatable bonds is 16. The molecule has 12 nitrogen and oxygen atoms in total. The first-order valence-corrected chi connectivity index (χ1v) is 12.9. The second-order valence-electron chi connectivity index (χ2n) is 9.74. The fraction of sp³-hybridized carbons (Fsp3) is 0.577. The Bertz CT molecular complexity index is 951. The van der Waals surface area contributed by atoms with Crippen LogP contribution in [-0.4, -0.2) is 65.5 Å². The maximum atomic E-state index is 13.4. The minimum Gasteiger partial charge on any atom is -0.480 e. The number of amides is 3. The Morgan fingerprint density at radius 3 is 2.05 bits per heavy atom. The van der Waals surface area contributed by atoms with E-state index < -0.39 is 47.9 Å². The van der Waals surface area contributed by atoms with Gasteiger partial charge in [0.05, 0.1) is 6.04 Å². The van der Waals surface area contributed by atoms with Crippen LogP contribution in [0.1, 0.15) is 52.5 Å². The number of nitrogens with one attached hydrogen (secondary N) is 3. The van der Waals surface area contributed by atoms with Crippen molar-refractivity contribution in [1.82, 2.24) is 16.0 Å². The van der Waals surface area contributed by atoms with Crippen molar-refractivity contribution >= 4 is 29.7 Å². The van der Waals surface area contributed by atoms with Crippen molar-refractivity contribution in [1.29, 1.82) is 0 Å². The van der Waals surface area contributed by atoms with Gasteiger partial charge in [0.1, 0.15) is 18.1 Å². The van der Waals surface area contributed by atoms with Gasteiger partial charge in [0.25, 0.3) is 0 Å². The summed E-state index contributed by atoms with van der Waals surface area (Å²) in [5.41, 5.74) is 17.3. The average Bonchev–Trinajstić information content (AvgIpc) is 2.87. The van der Waals surface area contributed by atoms with E-state index >= 15 is 0 Å². The molecule has 1 aromatic carbocycles. The predicted molar refractivity (Wildman–Crippen MR) is 146 cm³/mol. The van der Waals surface area contributed by atoms with E-state index in [1.54, 1.807) is 38.1 Å². The molecule has 0 aliphatic carbocycles. The number of hydrogen-bond donors (Lipinski definition) is 7. The van der Waals surface area contributed by atoms with Crippen LogP contribution in [-0.2, 0) is 25.6 Å². The van der Waals surface area contributed by atoms with Crippen molar-refractivity contribution < 1.29 is 24.3 Å². The van der Waals surface area contributed by atoms with Gasteiger partial charge in [-0.25, -0.2) is 4.79 Å². The second-order valence-corrected chi connectivity index (χ2v) is 9.74. The molecule has 1 aromatic rings. The minimum atomic E-state index is -1.22. The van der Waals surface area contributed by atoms with Crippen LogP contribution in [0.2, 0.25) is 0 Å². The highest BCUT2D eigenvalue weighted by Crippen LogP contribution is 2.12. The Morgan fingerprint density at radius 2 is 1.53 bits per heavy atom. The topological polar surface area (TPSA) is 215 Å². The van der Waals surface area contributed by atoms with Crippen LogP contribution in [0.15, 0.2) is 35.3 Å². The summed E-state index contributed by atoms with van der Waals surface area (Å²) < 4.78 is 0. The second kappa shape index (κ2) is 16.2. The number of nitrogens with two attached hydrogens (primary N) is 3. The summed E-state index contributed by atoms with van der Waals surface area (Å²) in [6.07, 6.45) is 1.11. The van der Waals surface area contributed by atoms with Gasteiger partial charge in [0.2, 0.25) is 17.7 Å². The van der Waals surface area contributed by atoms with Gasteiger partial charge in [0, 0.05) is 13.0 Å². The van der Waals surface area contributed by atoms with Gasteiger partial charge in [-0.05, 0) is 30.2 Å². The monoisotopic (exact) mass is 533 g/mol. The molecular formula is C26H43N7O5. The molecule has 0 aliphatic rings. The number of aliphatic imine (C=N–C) groups is 1. The van der Waals surface area contributed by atoms with Crippen LogP contribution >= 0.6 is 0 Å². The van der Waals surface area contributed by atoms with E-state index in [2.05, 4.69) is 20.9 Å². The molecule has 0 spiro atoms. The number of carboxylic acids is 1. The van der Waals surface area contributed by atoms with Crippen LogP contribution in [0.25, 0.3) is 0 Å². The lowest BCUT2D eigenvalue weighted by Crippen LogP contribution is -2.59. The molecule has 0 bridgehead atoms. The highest BCUT2D eigenvalue weighted by molar-refractivity contribution is 5.94. The molecule has 0 aromatic heterocycles. The number of nitrogens with zero attached hydrogens (tertiary/aromatic N) is 1. The normalized spacial score (nSPS) is 14.9. The average molecular weight is 534 g/mol. The highest BCUT2D eigenvalue weighted by Gasteiger charge is 2.33. The van der Waals surface area contributed by atoms with E-state index in [1.165, 1.54) is 0 Å². The van der Waals surface area contributed by atoms with Gasteiger partial charge in [0.15, 0.2) is 5.96 Å². The fourth-order valence-electron chi connectivity index (χ4n) is 3.61. The van der Waals surface area contributed by atoms with E-state index in [0.29, 0.717) is 12.8 Å². The zero-order chi connectivity index (χ0) is 28.8. The maximum Gasteiger partial charge on any atom is 0.326 e. The third-order valence-corrected chi connectivity index (χ3v) is 6.29. The molecule has 3 amide bonds. The molecule has 0 saturated carbocycles. The molecular weight excluding hydrogens is 490 g/mol. The fourth-order valence-corrected chi connectivity index (χ4v) is 3.61. The first kappa shape index (κ1) is 32.4. The third-order valence-electron chi connectivity index (χ3n) is 6.29. The molecule has 5 unspecified atom stereocenters. The van der Waals surface area contributed by atoms with Crippen molar-refractivity contribution in [3.8, 4) is 0 Å². The Hall–Kier alpha value is -3.67. The summed E-state index contributed by atoms with van der Waals surface area (Å²) in [5.74, 6) is -3.39. The maximum absolute atomic E-state index is 13.4. The van der Waals surface area contributed by atoms with Crippen molar-refractivity contribution in [3.05, 3.63) is 35.9 Å². The predicted octanol–water partition coefficient (Wildman–Crippen LogP) is -0.149. The zero-order valence-corrected chi connectivity index (χ0v) is 22.6. The van der Waals surface area contributed by atoms with E-state index in [0.717, 1.165) is 5.56 Å². The molecule has 1 rings (SSSR count). The van der Waals surface area contributed by atoms with Crippen LogP contribution < -0.4 is 33.2 Å². The Morgan fingerprint density at radius 1 is 0.921 bits per heavy atom. The third kappa shape index (κ3) is 11.2. The van der Waals surface area contributed by atoms with E-state index in [-0.39, 0.29) is 37.2 Å². The lowest BCUT2D eigenvalue weighted by atomic mass is 9.96. The number of hydrogen-bond acceptors (Lipinski definition) is 6. The van der Waals surface area contributed by atoms with Gasteiger partial charge in [-0.1, -0.05) is 64.4 Å². The van der Waals surface area contributed by atoms with Gasteiger partial charge in [-0.15, -0.1) is 0 Å². The summed E-state index contributed by atoms with van der Waals surface area (Å²) in [6.45, 7) is 7.51. The largest absolute Gasteiger partial charge is 0.480 e. The molecule has 12 heteroatoms.